The third-order valence-electron chi connectivity index (χ3n) is 12.3. The van der Waals surface area contributed by atoms with Gasteiger partial charge in [-0.3, -0.25) is 4.57 Å². The molecule has 5 nitrogen and oxygen atoms in total. The van der Waals surface area contributed by atoms with E-state index in [2.05, 4.69) is 142 Å². The summed E-state index contributed by atoms with van der Waals surface area (Å²) in [5.74, 6) is 0.669. The van der Waals surface area contributed by atoms with Crippen molar-refractivity contribution in [3.05, 3.63) is 150 Å². The predicted octanol–water partition coefficient (Wildman–Crippen LogP) is 12.7. The highest BCUT2D eigenvalue weighted by Crippen LogP contribution is 2.45. The van der Waals surface area contributed by atoms with E-state index in [0.29, 0.717) is 5.95 Å². The highest BCUT2D eigenvalue weighted by molar-refractivity contribution is 7.26. The third-order valence-corrected chi connectivity index (χ3v) is 13.5. The highest BCUT2D eigenvalue weighted by atomic mass is 32.1. The van der Waals surface area contributed by atoms with Crippen LogP contribution < -0.4 is 5.22 Å². The molecule has 1 aliphatic carbocycles. The average Bonchev–Trinajstić information content (AvgIpc) is 4.06. The van der Waals surface area contributed by atoms with E-state index in [1.54, 1.807) is 11.3 Å². The molecule has 0 spiro atoms. The second-order valence-corrected chi connectivity index (χ2v) is 16.2. The number of hydrogen-bond donors (Lipinski definition) is 0. The van der Waals surface area contributed by atoms with Crippen molar-refractivity contribution in [1.29, 1.82) is 0 Å². The minimum absolute atomic E-state index is 0.669. The third kappa shape index (κ3) is 3.61. The molecule has 0 aliphatic heterocycles. The van der Waals surface area contributed by atoms with Crippen molar-refractivity contribution in [3.63, 3.8) is 0 Å². The number of rotatable bonds is 2. The molecule has 6 heterocycles. The van der Waals surface area contributed by atoms with Gasteiger partial charge in [0, 0.05) is 58.6 Å². The first-order valence-corrected chi connectivity index (χ1v) is 20.0. The number of nitrogens with zero attached hydrogens (tertiary/aromatic N) is 4. The Morgan fingerprint density at radius 1 is 0.571 bits per heavy atom. The molecule has 7 aromatic carbocycles. The van der Waals surface area contributed by atoms with Gasteiger partial charge < -0.3 is 8.82 Å². The molecule has 0 N–H and O–H groups in total. The Labute approximate surface area is 321 Å². The minimum atomic E-state index is 0.669. The lowest BCUT2D eigenvalue weighted by molar-refractivity contribution is 0.669. The SMILES string of the molecule is C1=c2c3ccccc3n3c2c(c2c4c5ccc6ccccc6c5n(-c5nc(-c6ccc7c(c6)oc6ccccc67)c6sc7ccccc7c6n5)c4ccc23)CC1. The lowest BCUT2D eigenvalue weighted by Crippen LogP contribution is -2.05. The van der Waals surface area contributed by atoms with Crippen molar-refractivity contribution in [2.24, 2.45) is 0 Å². The standard InChI is InChI=1S/C50H28N4OS/c1-2-11-29-27(10-1)20-23-36-44-39(25-24-38-43(44)35-16-9-15-33-30-12-3-6-17-37(30)53(38)48(33)35)54(47(29)36)50-51-45(49-46(52-50)34-14-5-8-19-42(34)56-49)28-21-22-32-31-13-4-7-18-40(31)55-41(32)26-28/h1-8,10-15,17-26H,9,16H2. The topological polar surface area (TPSA) is 48.3 Å². The summed E-state index contributed by atoms with van der Waals surface area (Å²) >= 11 is 1.76. The number of thiophene rings is 1. The van der Waals surface area contributed by atoms with E-state index in [4.69, 9.17) is 14.4 Å². The Hall–Kier alpha value is -7.02. The van der Waals surface area contributed by atoms with Crippen LogP contribution in [0.4, 0.5) is 0 Å². The zero-order valence-corrected chi connectivity index (χ0v) is 30.7. The van der Waals surface area contributed by atoms with E-state index < -0.39 is 0 Å². The molecule has 13 aromatic rings. The number of benzene rings is 7. The smallest absolute Gasteiger partial charge is 0.235 e. The summed E-state index contributed by atoms with van der Waals surface area (Å²) in [5.41, 5.74) is 12.2. The van der Waals surface area contributed by atoms with Crippen molar-refractivity contribution in [3.8, 4) is 17.2 Å². The number of furan rings is 1. The van der Waals surface area contributed by atoms with E-state index >= 15 is 0 Å². The number of para-hydroxylation sites is 2. The van der Waals surface area contributed by atoms with Gasteiger partial charge in [0.25, 0.3) is 0 Å². The maximum absolute atomic E-state index is 6.42. The monoisotopic (exact) mass is 732 g/mol. The van der Waals surface area contributed by atoms with Gasteiger partial charge in [0.1, 0.15) is 11.2 Å². The maximum atomic E-state index is 6.42. The molecule has 0 amide bonds. The molecule has 14 rings (SSSR count). The first-order valence-electron chi connectivity index (χ1n) is 19.2. The lowest BCUT2D eigenvalue weighted by Gasteiger charge is -2.11. The maximum Gasteiger partial charge on any atom is 0.235 e. The van der Waals surface area contributed by atoms with Crippen molar-refractivity contribution >= 4 is 120 Å². The van der Waals surface area contributed by atoms with Crippen LogP contribution in [0.25, 0.3) is 125 Å². The number of hydrogen-bond acceptors (Lipinski definition) is 4. The van der Waals surface area contributed by atoms with Crippen molar-refractivity contribution < 1.29 is 4.42 Å². The van der Waals surface area contributed by atoms with Crippen LogP contribution in [-0.4, -0.2) is 18.9 Å². The fourth-order valence-corrected chi connectivity index (χ4v) is 11.2. The molecule has 0 saturated carbocycles. The van der Waals surface area contributed by atoms with Gasteiger partial charge in [-0.1, -0.05) is 103 Å². The molecule has 6 aromatic heterocycles. The molecule has 56 heavy (non-hydrogen) atoms. The molecule has 0 atom stereocenters. The van der Waals surface area contributed by atoms with E-state index in [-0.39, 0.29) is 0 Å². The Morgan fingerprint density at radius 2 is 1.34 bits per heavy atom. The molecule has 260 valence electrons. The van der Waals surface area contributed by atoms with Crippen LogP contribution in [0.1, 0.15) is 12.0 Å². The summed E-state index contributed by atoms with van der Waals surface area (Å²) < 4.78 is 13.6. The molecule has 1 aliphatic rings. The Kier molecular flexibility index (Phi) is 5.44. The van der Waals surface area contributed by atoms with Crippen LogP contribution in [-0.2, 0) is 6.42 Å². The van der Waals surface area contributed by atoms with Crippen LogP contribution in [0, 0.1) is 0 Å². The van der Waals surface area contributed by atoms with Gasteiger partial charge in [0.05, 0.1) is 43.5 Å². The molecule has 6 heteroatoms. The van der Waals surface area contributed by atoms with Crippen LogP contribution in [0.5, 0.6) is 0 Å². The first-order chi connectivity index (χ1) is 27.8. The van der Waals surface area contributed by atoms with Gasteiger partial charge in [0.15, 0.2) is 0 Å². The Bertz CT molecular complexity index is 3950. The first kappa shape index (κ1) is 29.4. The Balaban J connectivity index is 1.15. The molecule has 0 saturated heterocycles. The minimum Gasteiger partial charge on any atom is -0.456 e. The molecular formula is C50H28N4OS. The predicted molar refractivity (Wildman–Crippen MR) is 233 cm³/mol. The van der Waals surface area contributed by atoms with Gasteiger partial charge in [-0.2, -0.15) is 0 Å². The molecular weight excluding hydrogens is 705 g/mol. The quantitative estimate of drug-likeness (QED) is 0.178. The van der Waals surface area contributed by atoms with Gasteiger partial charge in [0.2, 0.25) is 5.95 Å². The van der Waals surface area contributed by atoms with E-state index in [1.807, 2.05) is 12.1 Å². The van der Waals surface area contributed by atoms with E-state index in [0.717, 1.165) is 72.7 Å². The zero-order valence-electron chi connectivity index (χ0n) is 29.9. The summed E-state index contributed by atoms with van der Waals surface area (Å²) in [4.78, 5) is 11.2. The molecule has 0 unspecified atom stereocenters. The fraction of sp³-hybridized carbons (Fsp3) is 0.0400. The molecule has 0 fully saturated rings. The van der Waals surface area contributed by atoms with Crippen LogP contribution in [0.3, 0.4) is 0 Å². The van der Waals surface area contributed by atoms with Crippen molar-refractivity contribution in [2.45, 2.75) is 12.8 Å². The second-order valence-electron chi connectivity index (χ2n) is 15.2. The summed E-state index contributed by atoms with van der Waals surface area (Å²) in [6.07, 6.45) is 4.47. The molecule has 0 radical (unpaired) electrons. The number of aryl methyl sites for hydroxylation is 1. The second kappa shape index (κ2) is 10.4. The van der Waals surface area contributed by atoms with E-state index in [9.17, 15) is 0 Å². The number of aromatic nitrogens is 4. The summed E-state index contributed by atoms with van der Waals surface area (Å²) in [5, 5.41) is 12.3. The summed E-state index contributed by atoms with van der Waals surface area (Å²) in [6, 6.07) is 50.3. The normalized spacial score (nSPS) is 13.4. The molecule has 0 bridgehead atoms. The highest BCUT2D eigenvalue weighted by Gasteiger charge is 2.27. The summed E-state index contributed by atoms with van der Waals surface area (Å²) in [7, 11) is 0. The number of fused-ring (bicyclic) bond motifs is 18. The van der Waals surface area contributed by atoms with Crippen molar-refractivity contribution in [2.75, 3.05) is 0 Å². The van der Waals surface area contributed by atoms with Crippen LogP contribution in [0.15, 0.2) is 144 Å². The zero-order chi connectivity index (χ0) is 36.2. The van der Waals surface area contributed by atoms with E-state index in [1.165, 1.54) is 64.3 Å². The van der Waals surface area contributed by atoms with Crippen LogP contribution >= 0.6 is 11.3 Å². The van der Waals surface area contributed by atoms with Gasteiger partial charge in [-0.15, -0.1) is 11.3 Å². The largest absolute Gasteiger partial charge is 0.456 e. The van der Waals surface area contributed by atoms with Gasteiger partial charge in [-0.05, 0) is 66.3 Å². The lowest BCUT2D eigenvalue weighted by atomic mass is 9.96. The Morgan fingerprint density at radius 3 is 2.29 bits per heavy atom. The van der Waals surface area contributed by atoms with Crippen molar-refractivity contribution in [1.82, 2.24) is 18.9 Å². The van der Waals surface area contributed by atoms with Gasteiger partial charge in [-0.25, -0.2) is 9.97 Å². The fourth-order valence-electron chi connectivity index (χ4n) is 10.0. The van der Waals surface area contributed by atoms with Crippen LogP contribution in [0.2, 0.25) is 0 Å². The average molecular weight is 733 g/mol. The summed E-state index contributed by atoms with van der Waals surface area (Å²) in [6.45, 7) is 0. The van der Waals surface area contributed by atoms with Gasteiger partial charge >= 0.3 is 0 Å².